The maximum atomic E-state index is 13.9. The quantitative estimate of drug-likeness (QED) is 0.346. The van der Waals surface area contributed by atoms with Gasteiger partial charge in [-0.3, -0.25) is 14.7 Å². The molecule has 1 aliphatic rings. The van der Waals surface area contributed by atoms with Crippen LogP contribution in [0.3, 0.4) is 0 Å². The Labute approximate surface area is 170 Å². The van der Waals surface area contributed by atoms with E-state index >= 15 is 0 Å². The third kappa shape index (κ3) is 4.38. The van der Waals surface area contributed by atoms with Crippen LogP contribution in [-0.2, 0) is 10.5 Å². The van der Waals surface area contributed by atoms with Crippen molar-refractivity contribution in [2.24, 2.45) is 0 Å². The molecule has 0 N–H and O–H groups in total. The fourth-order valence-corrected chi connectivity index (χ4v) is 3.93. The second-order valence-corrected chi connectivity index (χ2v) is 7.35. The van der Waals surface area contributed by atoms with Crippen molar-refractivity contribution in [3.8, 4) is 5.69 Å². The number of morpholine rings is 1. The minimum Gasteiger partial charge on any atom is -0.378 e. The van der Waals surface area contributed by atoms with Crippen molar-refractivity contribution in [3.63, 3.8) is 0 Å². The number of halogens is 1. The molecule has 8 nitrogen and oxygen atoms in total. The summed E-state index contributed by atoms with van der Waals surface area (Å²) in [7, 11) is 0. The Morgan fingerprint density at radius 3 is 2.59 bits per heavy atom. The summed E-state index contributed by atoms with van der Waals surface area (Å²) < 4.78 is 21.1. The topological polar surface area (TPSA) is 86.3 Å². The fourth-order valence-electron chi connectivity index (χ4n) is 3.03. The Balaban J connectivity index is 1.62. The lowest BCUT2D eigenvalue weighted by Crippen LogP contribution is -2.37. The number of thioether (sulfide) groups is 1. The summed E-state index contributed by atoms with van der Waals surface area (Å²) >= 11 is 1.44. The standard InChI is InChI=1S/C19H18FN5O3S/c20-15-2-1-3-17(12-15)24-18(23-8-10-28-11-9-23)21-22-19(24)29-13-14-4-6-16(7-5-14)25(26)27/h1-7,12H,8-11,13H2. The molecule has 1 fully saturated rings. The van der Waals surface area contributed by atoms with Crippen molar-refractivity contribution in [2.45, 2.75) is 10.9 Å². The summed E-state index contributed by atoms with van der Waals surface area (Å²) in [5.74, 6) is 0.856. The van der Waals surface area contributed by atoms with Crippen LogP contribution in [0, 0.1) is 15.9 Å². The first-order valence-electron chi connectivity index (χ1n) is 9.02. The van der Waals surface area contributed by atoms with Gasteiger partial charge in [0.25, 0.3) is 5.69 Å². The predicted octanol–water partition coefficient (Wildman–Crippen LogP) is 3.44. The van der Waals surface area contributed by atoms with Crippen molar-refractivity contribution in [1.29, 1.82) is 0 Å². The van der Waals surface area contributed by atoms with Gasteiger partial charge < -0.3 is 9.64 Å². The van der Waals surface area contributed by atoms with E-state index in [1.165, 1.54) is 36.0 Å². The Morgan fingerprint density at radius 2 is 1.90 bits per heavy atom. The van der Waals surface area contributed by atoms with Crippen LogP contribution in [0.5, 0.6) is 0 Å². The number of nitro groups is 1. The number of benzene rings is 2. The predicted molar refractivity (Wildman–Crippen MR) is 107 cm³/mol. The van der Waals surface area contributed by atoms with Gasteiger partial charge in [0.15, 0.2) is 5.16 Å². The minimum absolute atomic E-state index is 0.0521. The number of nitro benzene ring substituents is 1. The summed E-state index contributed by atoms with van der Waals surface area (Å²) in [6, 6.07) is 12.7. The molecule has 1 saturated heterocycles. The minimum atomic E-state index is -0.424. The van der Waals surface area contributed by atoms with Gasteiger partial charge in [0.1, 0.15) is 5.82 Å². The molecule has 150 valence electrons. The van der Waals surface area contributed by atoms with Crippen molar-refractivity contribution < 1.29 is 14.1 Å². The largest absolute Gasteiger partial charge is 0.378 e. The van der Waals surface area contributed by atoms with Crippen molar-refractivity contribution in [1.82, 2.24) is 14.8 Å². The van der Waals surface area contributed by atoms with Crippen LogP contribution < -0.4 is 4.90 Å². The number of aromatic nitrogens is 3. The van der Waals surface area contributed by atoms with Gasteiger partial charge in [-0.25, -0.2) is 4.39 Å². The van der Waals surface area contributed by atoms with E-state index in [-0.39, 0.29) is 11.5 Å². The second kappa shape index (κ2) is 8.58. The summed E-state index contributed by atoms with van der Waals surface area (Å²) in [6.07, 6.45) is 0. The molecule has 1 aliphatic heterocycles. The van der Waals surface area contributed by atoms with Crippen LogP contribution >= 0.6 is 11.8 Å². The summed E-state index contributed by atoms with van der Waals surface area (Å²) in [6.45, 7) is 2.56. The number of ether oxygens (including phenoxy) is 1. The average molecular weight is 415 g/mol. The summed E-state index contributed by atoms with van der Waals surface area (Å²) in [5, 5.41) is 20.1. The molecule has 2 heterocycles. The van der Waals surface area contributed by atoms with Crippen LogP contribution in [0.1, 0.15) is 5.56 Å². The van der Waals surface area contributed by atoms with Crippen molar-refractivity contribution >= 4 is 23.4 Å². The van der Waals surface area contributed by atoms with Gasteiger partial charge in [0, 0.05) is 31.0 Å². The number of rotatable bonds is 6. The van der Waals surface area contributed by atoms with Crippen LogP contribution in [0.25, 0.3) is 5.69 Å². The van der Waals surface area contributed by atoms with Crippen LogP contribution in [0.2, 0.25) is 0 Å². The molecule has 10 heteroatoms. The number of non-ortho nitro benzene ring substituents is 1. The Kier molecular flexibility index (Phi) is 5.72. The van der Waals surface area contributed by atoms with Gasteiger partial charge in [-0.15, -0.1) is 10.2 Å². The molecule has 0 aliphatic carbocycles. The number of anilines is 1. The van der Waals surface area contributed by atoms with E-state index in [9.17, 15) is 14.5 Å². The molecular weight excluding hydrogens is 397 g/mol. The molecule has 0 atom stereocenters. The highest BCUT2D eigenvalue weighted by Gasteiger charge is 2.22. The van der Waals surface area contributed by atoms with Crippen LogP contribution in [-0.4, -0.2) is 46.0 Å². The van der Waals surface area contributed by atoms with Gasteiger partial charge >= 0.3 is 0 Å². The summed E-state index contributed by atoms with van der Waals surface area (Å²) in [5.41, 5.74) is 1.61. The first kappa shape index (κ1) is 19.3. The Hall–Kier alpha value is -2.98. The average Bonchev–Trinajstić information content (AvgIpc) is 3.17. The Bertz CT molecular complexity index is 1010. The maximum Gasteiger partial charge on any atom is 0.269 e. The molecule has 0 radical (unpaired) electrons. The third-order valence-corrected chi connectivity index (χ3v) is 5.49. The normalized spacial score (nSPS) is 14.2. The molecule has 0 saturated carbocycles. The SMILES string of the molecule is O=[N+]([O-])c1ccc(CSc2nnc(N3CCOCC3)n2-c2cccc(F)c2)cc1. The highest BCUT2D eigenvalue weighted by Crippen LogP contribution is 2.29. The first-order valence-corrected chi connectivity index (χ1v) is 10.0. The van der Waals surface area contributed by atoms with Crippen LogP contribution in [0.4, 0.5) is 16.0 Å². The van der Waals surface area contributed by atoms with E-state index in [1.807, 2.05) is 10.6 Å². The molecule has 2 aromatic carbocycles. The lowest BCUT2D eigenvalue weighted by Gasteiger charge is -2.27. The fraction of sp³-hybridized carbons (Fsp3) is 0.263. The highest BCUT2D eigenvalue weighted by molar-refractivity contribution is 7.98. The molecule has 0 spiro atoms. The van der Waals surface area contributed by atoms with Crippen molar-refractivity contribution in [2.75, 3.05) is 31.2 Å². The van der Waals surface area contributed by atoms with Gasteiger partial charge in [-0.1, -0.05) is 30.0 Å². The molecule has 4 rings (SSSR count). The third-order valence-electron chi connectivity index (χ3n) is 4.49. The van der Waals surface area contributed by atoms with E-state index in [4.69, 9.17) is 4.74 Å². The zero-order valence-electron chi connectivity index (χ0n) is 15.4. The molecule has 0 unspecified atom stereocenters. The number of hydrogen-bond acceptors (Lipinski definition) is 7. The van der Waals surface area contributed by atoms with Crippen LogP contribution in [0.15, 0.2) is 53.7 Å². The number of nitrogens with zero attached hydrogens (tertiary/aromatic N) is 5. The maximum absolute atomic E-state index is 13.9. The van der Waals surface area contributed by atoms with Gasteiger partial charge in [-0.2, -0.15) is 0 Å². The van der Waals surface area contributed by atoms with Gasteiger partial charge in [0.05, 0.1) is 23.8 Å². The second-order valence-electron chi connectivity index (χ2n) is 6.41. The molecule has 0 bridgehead atoms. The van der Waals surface area contributed by atoms with Gasteiger partial charge in [-0.05, 0) is 23.8 Å². The molecule has 1 aromatic heterocycles. The molecular formula is C19H18FN5O3S. The molecule has 29 heavy (non-hydrogen) atoms. The lowest BCUT2D eigenvalue weighted by molar-refractivity contribution is -0.384. The number of hydrogen-bond donors (Lipinski definition) is 0. The lowest BCUT2D eigenvalue weighted by atomic mass is 10.2. The van der Waals surface area contributed by atoms with E-state index < -0.39 is 4.92 Å². The highest BCUT2D eigenvalue weighted by atomic mass is 32.2. The monoisotopic (exact) mass is 415 g/mol. The van der Waals surface area contributed by atoms with E-state index in [0.29, 0.717) is 48.8 Å². The molecule has 3 aromatic rings. The van der Waals surface area contributed by atoms with E-state index in [1.54, 1.807) is 18.2 Å². The first-order chi connectivity index (χ1) is 14.1. The zero-order chi connectivity index (χ0) is 20.2. The zero-order valence-corrected chi connectivity index (χ0v) is 16.2. The van der Waals surface area contributed by atoms with E-state index in [0.717, 1.165) is 5.56 Å². The Morgan fingerprint density at radius 1 is 1.14 bits per heavy atom. The summed E-state index contributed by atoms with van der Waals surface area (Å²) in [4.78, 5) is 12.5. The smallest absolute Gasteiger partial charge is 0.269 e. The van der Waals surface area contributed by atoms with Gasteiger partial charge in [0.2, 0.25) is 5.95 Å². The molecule has 0 amide bonds. The van der Waals surface area contributed by atoms with E-state index in [2.05, 4.69) is 15.1 Å². The van der Waals surface area contributed by atoms with Crippen molar-refractivity contribution in [3.05, 3.63) is 70.0 Å².